The van der Waals surface area contributed by atoms with Crippen LogP contribution in [0.15, 0.2) is 6.20 Å². The summed E-state index contributed by atoms with van der Waals surface area (Å²) in [6.07, 6.45) is -3.15. The van der Waals surface area contributed by atoms with Crippen LogP contribution in [0.4, 0.5) is 13.2 Å². The molecule has 1 heterocycles. The molecular weight excluding hydrogens is 223 g/mol. The van der Waals surface area contributed by atoms with Crippen LogP contribution in [0.3, 0.4) is 0 Å². The molecule has 7 heteroatoms. The van der Waals surface area contributed by atoms with Crippen molar-refractivity contribution in [3.05, 3.63) is 17.5 Å². The Labute approximate surface area is 91.4 Å². The summed E-state index contributed by atoms with van der Waals surface area (Å²) >= 11 is 0. The smallest absolute Gasteiger partial charge is 0.383 e. The van der Waals surface area contributed by atoms with Crippen LogP contribution in [0.2, 0.25) is 0 Å². The van der Waals surface area contributed by atoms with Gasteiger partial charge in [-0.25, -0.2) is 0 Å². The molecule has 0 bridgehead atoms. The Morgan fingerprint density at radius 3 is 2.75 bits per heavy atom. The van der Waals surface area contributed by atoms with Crippen molar-refractivity contribution in [2.75, 3.05) is 20.3 Å². The number of hydrogen-bond donors (Lipinski definition) is 1. The number of halogens is 3. The Hall–Kier alpha value is -1.08. The van der Waals surface area contributed by atoms with E-state index in [4.69, 9.17) is 4.74 Å². The first kappa shape index (κ1) is 13.0. The molecule has 0 aromatic carbocycles. The molecule has 1 rings (SSSR count). The minimum absolute atomic E-state index is 0.131. The zero-order valence-corrected chi connectivity index (χ0v) is 9.14. The number of aromatic nitrogens is 2. The van der Waals surface area contributed by atoms with Gasteiger partial charge in [-0.3, -0.25) is 4.68 Å². The molecule has 0 unspecified atom stereocenters. The maximum absolute atomic E-state index is 12.6. The van der Waals surface area contributed by atoms with Crippen LogP contribution >= 0.6 is 0 Å². The van der Waals surface area contributed by atoms with E-state index < -0.39 is 11.9 Å². The lowest BCUT2D eigenvalue weighted by molar-refractivity contribution is -0.144. The molecule has 0 aliphatic carbocycles. The molecule has 1 aromatic rings. The van der Waals surface area contributed by atoms with Gasteiger partial charge in [-0.2, -0.15) is 18.3 Å². The van der Waals surface area contributed by atoms with Gasteiger partial charge in [-0.15, -0.1) is 0 Å². The van der Waals surface area contributed by atoms with Crippen molar-refractivity contribution >= 4 is 0 Å². The number of methoxy groups -OCH3 is 1. The lowest BCUT2D eigenvalue weighted by Crippen LogP contribution is -2.21. The van der Waals surface area contributed by atoms with Gasteiger partial charge in [0.2, 0.25) is 0 Å². The van der Waals surface area contributed by atoms with E-state index in [1.807, 2.05) is 0 Å². The van der Waals surface area contributed by atoms with Crippen LogP contribution in [0.1, 0.15) is 11.3 Å². The Balaban J connectivity index is 2.66. The minimum Gasteiger partial charge on any atom is -0.383 e. The molecule has 0 saturated heterocycles. The minimum atomic E-state index is -4.37. The molecule has 1 aromatic heterocycles. The Morgan fingerprint density at radius 1 is 1.50 bits per heavy atom. The monoisotopic (exact) mass is 237 g/mol. The summed E-state index contributed by atoms with van der Waals surface area (Å²) in [5.41, 5.74) is -0.566. The summed E-state index contributed by atoms with van der Waals surface area (Å²) in [6.45, 7) is 1.09. The highest BCUT2D eigenvalue weighted by Crippen LogP contribution is 2.31. The topological polar surface area (TPSA) is 39.1 Å². The van der Waals surface area contributed by atoms with Gasteiger partial charge in [-0.1, -0.05) is 0 Å². The number of hydrogen-bond acceptors (Lipinski definition) is 3. The molecule has 0 amide bonds. The standard InChI is InChI=1S/C9H14F3N3O/c1-15-8(9(10,11)12)7(6-14-15)5-13-3-4-16-2/h6,13H,3-5H2,1-2H3. The third kappa shape index (κ3) is 3.21. The van der Waals surface area contributed by atoms with Gasteiger partial charge in [0.15, 0.2) is 0 Å². The number of ether oxygens (including phenoxy) is 1. The van der Waals surface area contributed by atoms with Gasteiger partial charge in [0.1, 0.15) is 5.69 Å². The Bertz CT molecular complexity index is 335. The van der Waals surface area contributed by atoms with Crippen LogP contribution in [-0.4, -0.2) is 30.0 Å². The van der Waals surface area contributed by atoms with Crippen molar-refractivity contribution in [1.29, 1.82) is 0 Å². The fourth-order valence-electron chi connectivity index (χ4n) is 1.38. The summed E-state index contributed by atoms with van der Waals surface area (Å²) in [5.74, 6) is 0. The number of alkyl halides is 3. The molecule has 1 N–H and O–H groups in total. The Kier molecular flexibility index (Phi) is 4.31. The fourth-order valence-corrected chi connectivity index (χ4v) is 1.38. The first-order chi connectivity index (χ1) is 7.46. The van der Waals surface area contributed by atoms with Gasteiger partial charge < -0.3 is 10.1 Å². The SMILES string of the molecule is COCCNCc1cnn(C)c1C(F)(F)F. The second-order valence-electron chi connectivity index (χ2n) is 3.31. The van der Waals surface area contributed by atoms with Gasteiger partial charge in [0.05, 0.1) is 12.8 Å². The van der Waals surface area contributed by atoms with E-state index in [9.17, 15) is 13.2 Å². The predicted octanol–water partition coefficient (Wildman–Crippen LogP) is 1.17. The van der Waals surface area contributed by atoms with Gasteiger partial charge >= 0.3 is 6.18 Å². The quantitative estimate of drug-likeness (QED) is 0.781. The summed E-state index contributed by atoms with van der Waals surface area (Å²) in [7, 11) is 2.81. The van der Waals surface area contributed by atoms with E-state index in [0.717, 1.165) is 4.68 Å². The summed E-state index contributed by atoms with van der Waals surface area (Å²) < 4.78 is 43.4. The van der Waals surface area contributed by atoms with Gasteiger partial charge in [-0.05, 0) is 0 Å². The molecule has 92 valence electrons. The lowest BCUT2D eigenvalue weighted by Gasteiger charge is -2.10. The molecule has 0 spiro atoms. The second kappa shape index (κ2) is 5.31. The largest absolute Gasteiger partial charge is 0.433 e. The zero-order chi connectivity index (χ0) is 12.2. The zero-order valence-electron chi connectivity index (χ0n) is 9.14. The lowest BCUT2D eigenvalue weighted by atomic mass is 10.2. The van der Waals surface area contributed by atoms with Crippen LogP contribution in [0, 0.1) is 0 Å². The van der Waals surface area contributed by atoms with Crippen LogP contribution in [0.5, 0.6) is 0 Å². The number of nitrogens with zero attached hydrogens (tertiary/aromatic N) is 2. The van der Waals surface area contributed by atoms with Crippen molar-refractivity contribution in [2.45, 2.75) is 12.7 Å². The maximum atomic E-state index is 12.6. The average molecular weight is 237 g/mol. The molecular formula is C9H14F3N3O. The third-order valence-electron chi connectivity index (χ3n) is 2.08. The number of rotatable bonds is 5. The second-order valence-corrected chi connectivity index (χ2v) is 3.31. The first-order valence-electron chi connectivity index (χ1n) is 4.74. The van der Waals surface area contributed by atoms with Crippen LogP contribution < -0.4 is 5.32 Å². The molecule has 0 aliphatic heterocycles. The van der Waals surface area contributed by atoms with Crippen molar-refractivity contribution < 1.29 is 17.9 Å². The number of aryl methyl sites for hydroxylation is 1. The highest BCUT2D eigenvalue weighted by molar-refractivity contribution is 5.20. The van der Waals surface area contributed by atoms with E-state index in [1.54, 1.807) is 0 Å². The van der Waals surface area contributed by atoms with Crippen LogP contribution in [-0.2, 0) is 24.5 Å². The van der Waals surface area contributed by atoms with Crippen molar-refractivity contribution in [1.82, 2.24) is 15.1 Å². The molecule has 16 heavy (non-hydrogen) atoms. The highest BCUT2D eigenvalue weighted by atomic mass is 19.4. The van der Waals surface area contributed by atoms with Crippen LogP contribution in [0.25, 0.3) is 0 Å². The molecule has 0 radical (unpaired) electrons. The van der Waals surface area contributed by atoms with Crippen molar-refractivity contribution in [2.24, 2.45) is 7.05 Å². The number of nitrogens with one attached hydrogen (secondary N) is 1. The summed E-state index contributed by atoms with van der Waals surface area (Å²) in [5, 5.41) is 6.46. The Morgan fingerprint density at radius 2 is 2.19 bits per heavy atom. The normalized spacial score (nSPS) is 12.1. The van der Waals surface area contributed by atoms with E-state index in [1.165, 1.54) is 20.4 Å². The van der Waals surface area contributed by atoms with E-state index >= 15 is 0 Å². The average Bonchev–Trinajstić information content (AvgIpc) is 2.54. The third-order valence-corrected chi connectivity index (χ3v) is 2.08. The van der Waals surface area contributed by atoms with Gasteiger partial charge in [0.25, 0.3) is 0 Å². The maximum Gasteiger partial charge on any atom is 0.433 e. The van der Waals surface area contributed by atoms with Crippen molar-refractivity contribution in [3.63, 3.8) is 0 Å². The fraction of sp³-hybridized carbons (Fsp3) is 0.667. The molecule has 0 aliphatic rings. The first-order valence-corrected chi connectivity index (χ1v) is 4.74. The van der Waals surface area contributed by atoms with E-state index in [-0.39, 0.29) is 12.1 Å². The molecule has 0 fully saturated rings. The van der Waals surface area contributed by atoms with E-state index in [2.05, 4.69) is 10.4 Å². The summed E-state index contributed by atoms with van der Waals surface area (Å²) in [6, 6.07) is 0. The molecule has 4 nitrogen and oxygen atoms in total. The summed E-state index contributed by atoms with van der Waals surface area (Å²) in [4.78, 5) is 0. The molecule has 0 atom stereocenters. The molecule has 0 saturated carbocycles. The van der Waals surface area contributed by atoms with Crippen molar-refractivity contribution in [3.8, 4) is 0 Å². The highest BCUT2D eigenvalue weighted by Gasteiger charge is 2.36. The predicted molar refractivity (Wildman–Crippen MR) is 51.8 cm³/mol. The van der Waals surface area contributed by atoms with E-state index in [0.29, 0.717) is 13.2 Å². The van der Waals surface area contributed by atoms with Gasteiger partial charge in [0, 0.05) is 32.8 Å².